The van der Waals surface area contributed by atoms with Gasteiger partial charge in [0, 0.05) is 6.42 Å². The maximum Gasteiger partial charge on any atom is 0.230 e. The Labute approximate surface area is 106 Å². The van der Waals surface area contributed by atoms with Gasteiger partial charge in [0.25, 0.3) is 0 Å². The summed E-state index contributed by atoms with van der Waals surface area (Å²) in [6, 6.07) is 8.03. The van der Waals surface area contributed by atoms with Crippen LogP contribution in [0, 0.1) is 0 Å². The molecule has 5 nitrogen and oxygen atoms in total. The standard InChI is InChI=1S/C13H17N3O2/c1-2-17-11-6-3-10(4-7-11)5-8-12-15-16-13(9-14)18-12/h3-4,6-7H,2,5,8-9,14H2,1H3. The largest absolute Gasteiger partial charge is 0.494 e. The smallest absolute Gasteiger partial charge is 0.230 e. The van der Waals surface area contributed by atoms with Crippen LogP contribution < -0.4 is 10.5 Å². The highest BCUT2D eigenvalue weighted by Gasteiger charge is 2.04. The zero-order valence-corrected chi connectivity index (χ0v) is 10.4. The van der Waals surface area contributed by atoms with Crippen LogP contribution in [0.25, 0.3) is 0 Å². The fourth-order valence-corrected chi connectivity index (χ4v) is 1.64. The number of ether oxygens (including phenoxy) is 1. The van der Waals surface area contributed by atoms with E-state index in [4.69, 9.17) is 14.9 Å². The monoisotopic (exact) mass is 247 g/mol. The van der Waals surface area contributed by atoms with Crippen LogP contribution in [-0.2, 0) is 19.4 Å². The molecular formula is C13H17N3O2. The first-order valence-electron chi connectivity index (χ1n) is 6.05. The number of aryl methyl sites for hydroxylation is 2. The van der Waals surface area contributed by atoms with Crippen LogP contribution in [-0.4, -0.2) is 16.8 Å². The van der Waals surface area contributed by atoms with Crippen molar-refractivity contribution in [1.29, 1.82) is 0 Å². The minimum absolute atomic E-state index is 0.288. The number of aromatic nitrogens is 2. The van der Waals surface area contributed by atoms with Crippen molar-refractivity contribution >= 4 is 0 Å². The normalized spacial score (nSPS) is 10.6. The van der Waals surface area contributed by atoms with Gasteiger partial charge in [-0.3, -0.25) is 0 Å². The Morgan fingerprint density at radius 2 is 1.83 bits per heavy atom. The molecule has 2 N–H and O–H groups in total. The van der Waals surface area contributed by atoms with Gasteiger partial charge in [0.05, 0.1) is 13.2 Å². The maximum atomic E-state index is 5.41. The minimum atomic E-state index is 0.288. The lowest BCUT2D eigenvalue weighted by atomic mass is 10.1. The summed E-state index contributed by atoms with van der Waals surface area (Å²) in [5, 5.41) is 7.75. The Hall–Kier alpha value is -1.88. The highest BCUT2D eigenvalue weighted by Crippen LogP contribution is 2.13. The molecular weight excluding hydrogens is 230 g/mol. The van der Waals surface area contributed by atoms with Gasteiger partial charge in [-0.15, -0.1) is 10.2 Å². The second-order valence-electron chi connectivity index (χ2n) is 3.87. The van der Waals surface area contributed by atoms with E-state index < -0.39 is 0 Å². The van der Waals surface area contributed by atoms with Crippen molar-refractivity contribution in [3.8, 4) is 5.75 Å². The summed E-state index contributed by atoms with van der Waals surface area (Å²) in [6.45, 7) is 2.94. The highest BCUT2D eigenvalue weighted by atomic mass is 16.5. The van der Waals surface area contributed by atoms with Crippen LogP contribution in [0.2, 0.25) is 0 Å². The maximum absolute atomic E-state index is 5.41. The molecule has 0 atom stereocenters. The number of nitrogens with zero attached hydrogens (tertiary/aromatic N) is 2. The fraction of sp³-hybridized carbons (Fsp3) is 0.385. The third-order valence-electron chi connectivity index (χ3n) is 2.55. The second-order valence-corrected chi connectivity index (χ2v) is 3.87. The molecule has 96 valence electrons. The molecule has 0 radical (unpaired) electrons. The predicted octanol–water partition coefficient (Wildman–Crippen LogP) is 1.71. The van der Waals surface area contributed by atoms with E-state index in [9.17, 15) is 0 Å². The molecule has 2 aromatic rings. The van der Waals surface area contributed by atoms with Gasteiger partial charge >= 0.3 is 0 Å². The van der Waals surface area contributed by atoms with Gasteiger partial charge in [-0.05, 0) is 31.0 Å². The average Bonchev–Trinajstić information content (AvgIpc) is 2.86. The predicted molar refractivity (Wildman–Crippen MR) is 67.2 cm³/mol. The lowest BCUT2D eigenvalue weighted by Gasteiger charge is -2.03. The third kappa shape index (κ3) is 3.30. The number of nitrogens with two attached hydrogens (primary N) is 1. The lowest BCUT2D eigenvalue weighted by Crippen LogP contribution is -1.95. The number of hydrogen-bond acceptors (Lipinski definition) is 5. The van der Waals surface area contributed by atoms with Crippen molar-refractivity contribution in [2.75, 3.05) is 6.61 Å². The summed E-state index contributed by atoms with van der Waals surface area (Å²) < 4.78 is 10.7. The molecule has 1 aromatic heterocycles. The van der Waals surface area contributed by atoms with Crippen molar-refractivity contribution in [3.63, 3.8) is 0 Å². The van der Waals surface area contributed by atoms with Gasteiger partial charge in [-0.1, -0.05) is 12.1 Å². The number of benzene rings is 1. The van der Waals surface area contributed by atoms with E-state index in [-0.39, 0.29) is 6.54 Å². The molecule has 0 aliphatic rings. The van der Waals surface area contributed by atoms with Gasteiger partial charge in [-0.25, -0.2) is 0 Å². The van der Waals surface area contributed by atoms with Gasteiger partial charge < -0.3 is 14.9 Å². The van der Waals surface area contributed by atoms with Crippen molar-refractivity contribution in [3.05, 3.63) is 41.6 Å². The molecule has 0 aliphatic heterocycles. The SMILES string of the molecule is CCOc1ccc(CCc2nnc(CN)o2)cc1. The summed E-state index contributed by atoms with van der Waals surface area (Å²) in [7, 11) is 0. The molecule has 0 aliphatic carbocycles. The van der Waals surface area contributed by atoms with Crippen molar-refractivity contribution < 1.29 is 9.15 Å². The van der Waals surface area contributed by atoms with Crippen LogP contribution in [0.15, 0.2) is 28.7 Å². The molecule has 1 aromatic carbocycles. The quantitative estimate of drug-likeness (QED) is 0.841. The first-order chi connectivity index (χ1) is 8.81. The highest BCUT2D eigenvalue weighted by molar-refractivity contribution is 5.27. The zero-order chi connectivity index (χ0) is 12.8. The van der Waals surface area contributed by atoms with Gasteiger partial charge in [0.2, 0.25) is 11.8 Å². The van der Waals surface area contributed by atoms with Crippen LogP contribution in [0.3, 0.4) is 0 Å². The first-order valence-corrected chi connectivity index (χ1v) is 6.05. The van der Waals surface area contributed by atoms with Gasteiger partial charge in [-0.2, -0.15) is 0 Å². The van der Waals surface area contributed by atoms with Gasteiger partial charge in [0.1, 0.15) is 5.75 Å². The molecule has 0 spiro atoms. The summed E-state index contributed by atoms with van der Waals surface area (Å²) in [5.74, 6) is 2.01. The van der Waals surface area contributed by atoms with Crippen molar-refractivity contribution in [2.24, 2.45) is 5.73 Å². The number of rotatable bonds is 6. The van der Waals surface area contributed by atoms with E-state index >= 15 is 0 Å². The van der Waals surface area contributed by atoms with E-state index in [0.29, 0.717) is 18.4 Å². The fourth-order valence-electron chi connectivity index (χ4n) is 1.64. The minimum Gasteiger partial charge on any atom is -0.494 e. The molecule has 0 unspecified atom stereocenters. The second kappa shape index (κ2) is 6.16. The average molecular weight is 247 g/mol. The van der Waals surface area contributed by atoms with E-state index in [2.05, 4.69) is 10.2 Å². The zero-order valence-electron chi connectivity index (χ0n) is 10.4. The summed E-state index contributed by atoms with van der Waals surface area (Å²) in [6.07, 6.45) is 1.58. The molecule has 5 heteroatoms. The Balaban J connectivity index is 1.89. The van der Waals surface area contributed by atoms with Gasteiger partial charge in [0.15, 0.2) is 0 Å². The van der Waals surface area contributed by atoms with E-state index in [0.717, 1.165) is 18.6 Å². The number of hydrogen-bond donors (Lipinski definition) is 1. The molecule has 18 heavy (non-hydrogen) atoms. The van der Waals surface area contributed by atoms with Crippen molar-refractivity contribution in [2.45, 2.75) is 26.3 Å². The molecule has 0 fully saturated rings. The van der Waals surface area contributed by atoms with Crippen molar-refractivity contribution in [1.82, 2.24) is 10.2 Å². The first kappa shape index (κ1) is 12.6. The Morgan fingerprint density at radius 3 is 2.44 bits per heavy atom. The van der Waals surface area contributed by atoms with Crippen LogP contribution in [0.4, 0.5) is 0 Å². The lowest BCUT2D eigenvalue weighted by molar-refractivity contribution is 0.340. The Kier molecular flexibility index (Phi) is 4.30. The summed E-state index contributed by atoms with van der Waals surface area (Å²) in [5.41, 5.74) is 6.62. The molecule has 0 bridgehead atoms. The van der Waals surface area contributed by atoms with Crippen LogP contribution >= 0.6 is 0 Å². The molecule has 0 saturated heterocycles. The molecule has 0 amide bonds. The Bertz CT molecular complexity index is 479. The van der Waals surface area contributed by atoms with Crippen LogP contribution in [0.1, 0.15) is 24.3 Å². The molecule has 1 heterocycles. The van der Waals surface area contributed by atoms with E-state index in [1.807, 2.05) is 31.2 Å². The summed E-state index contributed by atoms with van der Waals surface area (Å²) >= 11 is 0. The van der Waals surface area contributed by atoms with E-state index in [1.54, 1.807) is 0 Å². The Morgan fingerprint density at radius 1 is 1.11 bits per heavy atom. The van der Waals surface area contributed by atoms with Crippen LogP contribution in [0.5, 0.6) is 5.75 Å². The molecule has 2 rings (SSSR count). The third-order valence-corrected chi connectivity index (χ3v) is 2.55. The van der Waals surface area contributed by atoms with E-state index in [1.165, 1.54) is 5.56 Å². The molecule has 0 saturated carbocycles. The summed E-state index contributed by atoms with van der Waals surface area (Å²) in [4.78, 5) is 0. The topological polar surface area (TPSA) is 74.2 Å².